The van der Waals surface area contributed by atoms with E-state index in [4.69, 9.17) is 4.74 Å². The van der Waals surface area contributed by atoms with Gasteiger partial charge in [-0.25, -0.2) is 4.79 Å². The fourth-order valence-electron chi connectivity index (χ4n) is 3.47. The van der Waals surface area contributed by atoms with Crippen molar-refractivity contribution in [1.82, 2.24) is 0 Å². The Balaban J connectivity index is 2.02. The second kappa shape index (κ2) is 7.17. The smallest absolute Gasteiger partial charge is 0.420 e. The molecule has 1 aliphatic carbocycles. The molecule has 6 heteroatoms. The number of halogens is 3. The SMILES string of the molecule is COC(=O)c1ccc2c(C(F)(F)F)c(O[C@H]3CC[C@@H](C)CC3)ccc2c1. The summed E-state index contributed by atoms with van der Waals surface area (Å²) in [5.74, 6) is -0.141. The number of carbonyl (C=O) groups is 1. The number of esters is 1. The molecule has 0 radical (unpaired) electrons. The Morgan fingerprint density at radius 1 is 1.08 bits per heavy atom. The normalized spacial score (nSPS) is 20.8. The molecule has 0 aromatic heterocycles. The van der Waals surface area contributed by atoms with E-state index in [-0.39, 0.29) is 22.8 Å². The van der Waals surface area contributed by atoms with Crippen LogP contribution in [0.2, 0.25) is 0 Å². The number of hydrogen-bond donors (Lipinski definition) is 0. The summed E-state index contributed by atoms with van der Waals surface area (Å²) >= 11 is 0. The summed E-state index contributed by atoms with van der Waals surface area (Å²) in [4.78, 5) is 11.6. The van der Waals surface area contributed by atoms with Crippen molar-refractivity contribution in [2.75, 3.05) is 7.11 Å². The first kappa shape index (κ1) is 18.5. The van der Waals surface area contributed by atoms with Gasteiger partial charge < -0.3 is 9.47 Å². The summed E-state index contributed by atoms with van der Waals surface area (Å²) in [6.07, 6.45) is -1.30. The van der Waals surface area contributed by atoms with Crippen molar-refractivity contribution < 1.29 is 27.4 Å². The first-order valence-corrected chi connectivity index (χ1v) is 8.68. The molecular weight excluding hydrogens is 345 g/mol. The monoisotopic (exact) mass is 366 g/mol. The Morgan fingerprint density at radius 3 is 2.38 bits per heavy atom. The van der Waals surface area contributed by atoms with Crippen molar-refractivity contribution in [3.8, 4) is 5.75 Å². The summed E-state index contributed by atoms with van der Waals surface area (Å²) in [7, 11) is 1.23. The number of hydrogen-bond acceptors (Lipinski definition) is 3. The van der Waals surface area contributed by atoms with E-state index in [1.54, 1.807) is 6.07 Å². The molecule has 26 heavy (non-hydrogen) atoms. The molecule has 2 aromatic rings. The van der Waals surface area contributed by atoms with Gasteiger partial charge in [-0.05, 0) is 60.6 Å². The van der Waals surface area contributed by atoms with Crippen LogP contribution in [0.1, 0.15) is 48.5 Å². The van der Waals surface area contributed by atoms with E-state index in [0.29, 0.717) is 11.3 Å². The molecule has 0 spiro atoms. The van der Waals surface area contributed by atoms with Gasteiger partial charge in [-0.3, -0.25) is 0 Å². The van der Waals surface area contributed by atoms with Gasteiger partial charge in [0, 0.05) is 0 Å². The summed E-state index contributed by atoms with van der Waals surface area (Å²) in [6.45, 7) is 2.15. The lowest BCUT2D eigenvalue weighted by Gasteiger charge is -2.28. The second-order valence-electron chi connectivity index (χ2n) is 6.86. The van der Waals surface area contributed by atoms with E-state index < -0.39 is 17.7 Å². The van der Waals surface area contributed by atoms with Crippen LogP contribution in [0.25, 0.3) is 10.8 Å². The molecular formula is C20H21F3O3. The molecule has 3 nitrogen and oxygen atoms in total. The van der Waals surface area contributed by atoms with Crippen LogP contribution in [0, 0.1) is 5.92 Å². The summed E-state index contributed by atoms with van der Waals surface area (Å²) in [5.41, 5.74) is -0.576. The third kappa shape index (κ3) is 3.79. The molecule has 0 bridgehead atoms. The standard InChI is InChI=1S/C20H21F3O3/c1-12-3-7-15(8-4-12)26-17-10-6-13-11-14(19(24)25-2)5-9-16(13)18(17)20(21,22)23/h5-6,9-12,15H,3-4,7-8H2,1-2H3/t12-,15+. The minimum absolute atomic E-state index is 0.0202. The molecule has 0 N–H and O–H groups in total. The van der Waals surface area contributed by atoms with Crippen LogP contribution in [0.4, 0.5) is 13.2 Å². The molecule has 140 valence electrons. The van der Waals surface area contributed by atoms with Gasteiger partial charge in [0.2, 0.25) is 0 Å². The first-order chi connectivity index (χ1) is 12.3. The maximum absolute atomic E-state index is 13.7. The fourth-order valence-corrected chi connectivity index (χ4v) is 3.47. The van der Waals surface area contributed by atoms with E-state index in [1.165, 1.54) is 31.4 Å². The van der Waals surface area contributed by atoms with E-state index in [9.17, 15) is 18.0 Å². The Labute approximate surface area is 150 Å². The number of ether oxygens (including phenoxy) is 2. The zero-order valence-electron chi connectivity index (χ0n) is 14.7. The number of benzene rings is 2. The van der Waals surface area contributed by atoms with Gasteiger partial charge >= 0.3 is 12.1 Å². The molecule has 1 fully saturated rings. The van der Waals surface area contributed by atoms with Crippen LogP contribution in [0.3, 0.4) is 0 Å². The van der Waals surface area contributed by atoms with Gasteiger partial charge in [0.05, 0.1) is 18.8 Å². The largest absolute Gasteiger partial charge is 0.490 e. The van der Waals surface area contributed by atoms with E-state index >= 15 is 0 Å². The van der Waals surface area contributed by atoms with Crippen molar-refractivity contribution in [3.63, 3.8) is 0 Å². The number of carbonyl (C=O) groups excluding carboxylic acids is 1. The van der Waals surface area contributed by atoms with Crippen molar-refractivity contribution in [2.24, 2.45) is 5.92 Å². The minimum Gasteiger partial charge on any atom is -0.490 e. The summed E-state index contributed by atoms with van der Waals surface area (Å²) in [5, 5.41) is 0.344. The van der Waals surface area contributed by atoms with Gasteiger partial charge in [0.25, 0.3) is 0 Å². The zero-order chi connectivity index (χ0) is 18.9. The highest BCUT2D eigenvalue weighted by atomic mass is 19.4. The highest BCUT2D eigenvalue weighted by Crippen LogP contribution is 2.42. The molecule has 0 heterocycles. The summed E-state index contributed by atoms with van der Waals surface area (Å²) in [6, 6.07) is 6.96. The zero-order valence-corrected chi connectivity index (χ0v) is 14.7. The maximum atomic E-state index is 13.7. The van der Waals surface area contributed by atoms with Crippen molar-refractivity contribution in [1.29, 1.82) is 0 Å². The Bertz CT molecular complexity index is 806. The van der Waals surface area contributed by atoms with Gasteiger partial charge in [-0.2, -0.15) is 13.2 Å². The molecule has 0 saturated heterocycles. The van der Waals surface area contributed by atoms with Crippen LogP contribution in [0.5, 0.6) is 5.75 Å². The van der Waals surface area contributed by atoms with Crippen LogP contribution < -0.4 is 4.74 Å². The lowest BCUT2D eigenvalue weighted by atomic mass is 9.89. The number of alkyl halides is 3. The van der Waals surface area contributed by atoms with Gasteiger partial charge in [0.15, 0.2) is 0 Å². The van der Waals surface area contributed by atoms with E-state index in [2.05, 4.69) is 11.7 Å². The van der Waals surface area contributed by atoms with Crippen LogP contribution in [0.15, 0.2) is 30.3 Å². The third-order valence-electron chi connectivity index (χ3n) is 4.94. The minimum atomic E-state index is -4.55. The van der Waals surface area contributed by atoms with Crippen molar-refractivity contribution in [2.45, 2.75) is 44.9 Å². The molecule has 1 saturated carbocycles. The first-order valence-electron chi connectivity index (χ1n) is 8.68. The fraction of sp³-hybridized carbons (Fsp3) is 0.450. The number of fused-ring (bicyclic) bond motifs is 1. The number of rotatable bonds is 3. The highest BCUT2D eigenvalue weighted by Gasteiger charge is 2.37. The molecule has 2 aromatic carbocycles. The molecule has 1 aliphatic rings. The quantitative estimate of drug-likeness (QED) is 0.663. The average molecular weight is 366 g/mol. The Hall–Kier alpha value is -2.24. The molecule has 0 atom stereocenters. The lowest BCUT2D eigenvalue weighted by molar-refractivity contribution is -0.138. The van der Waals surface area contributed by atoms with Crippen LogP contribution in [-0.4, -0.2) is 19.2 Å². The Kier molecular flexibility index (Phi) is 5.12. The van der Waals surface area contributed by atoms with Gasteiger partial charge in [-0.15, -0.1) is 0 Å². The molecule has 3 rings (SSSR count). The third-order valence-corrected chi connectivity index (χ3v) is 4.94. The average Bonchev–Trinajstić information content (AvgIpc) is 2.61. The van der Waals surface area contributed by atoms with E-state index in [0.717, 1.165) is 25.7 Å². The van der Waals surface area contributed by atoms with Crippen molar-refractivity contribution >= 4 is 16.7 Å². The van der Waals surface area contributed by atoms with E-state index in [1.807, 2.05) is 0 Å². The van der Waals surface area contributed by atoms with Crippen LogP contribution in [-0.2, 0) is 10.9 Å². The summed E-state index contributed by atoms with van der Waals surface area (Å²) < 4.78 is 51.6. The topological polar surface area (TPSA) is 35.5 Å². The molecule has 0 aliphatic heterocycles. The van der Waals surface area contributed by atoms with Gasteiger partial charge in [-0.1, -0.05) is 19.1 Å². The molecule has 0 unspecified atom stereocenters. The van der Waals surface area contributed by atoms with Gasteiger partial charge in [0.1, 0.15) is 11.3 Å². The lowest BCUT2D eigenvalue weighted by Crippen LogP contribution is -2.24. The highest BCUT2D eigenvalue weighted by molar-refractivity contribution is 5.97. The van der Waals surface area contributed by atoms with Crippen molar-refractivity contribution in [3.05, 3.63) is 41.5 Å². The maximum Gasteiger partial charge on any atom is 0.420 e. The predicted octanol–water partition coefficient (Wildman–Crippen LogP) is 5.60. The molecule has 0 amide bonds. The van der Waals surface area contributed by atoms with Crippen LogP contribution >= 0.6 is 0 Å². The Morgan fingerprint density at radius 2 is 1.77 bits per heavy atom. The number of methoxy groups -OCH3 is 1. The predicted molar refractivity (Wildman–Crippen MR) is 92.3 cm³/mol. The second-order valence-corrected chi connectivity index (χ2v) is 6.86.